The number of hydrogen-bond donors (Lipinski definition) is 0. The molecule has 0 aliphatic rings. The molecular weight excluding hydrogens is 284 g/mol. The van der Waals surface area contributed by atoms with Crippen molar-refractivity contribution in [1.82, 2.24) is 9.78 Å². The van der Waals surface area contributed by atoms with E-state index in [1.54, 1.807) is 25.5 Å². The van der Waals surface area contributed by atoms with Gasteiger partial charge in [0.15, 0.2) is 5.69 Å². The van der Waals surface area contributed by atoms with Crippen molar-refractivity contribution < 1.29 is 19.1 Å². The van der Waals surface area contributed by atoms with E-state index in [0.29, 0.717) is 5.69 Å². The molecule has 0 saturated heterocycles. The molecule has 2 rings (SSSR count). The van der Waals surface area contributed by atoms with Crippen LogP contribution in [0.15, 0.2) is 30.3 Å². The molecule has 2 aromatic rings. The Labute approximate surface area is 128 Å². The Bertz CT molecular complexity index is 677. The molecule has 1 aromatic carbocycles. The standard InChI is InChI=1S/C16H18N2O4/c1-4-21-15(19)13-11(3)18(12-9-7-6-8-10-12)17-14(13)16(20)22-5-2/h6-10H,4-5H2,1-3H3. The second kappa shape index (κ2) is 6.89. The van der Waals surface area contributed by atoms with Crippen LogP contribution in [0, 0.1) is 6.92 Å². The van der Waals surface area contributed by atoms with Gasteiger partial charge in [-0.15, -0.1) is 0 Å². The highest BCUT2D eigenvalue weighted by Crippen LogP contribution is 2.20. The number of carbonyl (C=O) groups is 2. The molecule has 6 nitrogen and oxygen atoms in total. The maximum atomic E-state index is 12.2. The summed E-state index contributed by atoms with van der Waals surface area (Å²) in [5.41, 5.74) is 1.40. The monoisotopic (exact) mass is 302 g/mol. The second-order valence-corrected chi connectivity index (χ2v) is 4.50. The van der Waals surface area contributed by atoms with E-state index in [2.05, 4.69) is 5.10 Å². The van der Waals surface area contributed by atoms with Gasteiger partial charge >= 0.3 is 11.9 Å². The van der Waals surface area contributed by atoms with Gasteiger partial charge in [-0.3, -0.25) is 0 Å². The van der Waals surface area contributed by atoms with Crippen LogP contribution in [0.5, 0.6) is 0 Å². The molecule has 6 heteroatoms. The average molecular weight is 302 g/mol. The van der Waals surface area contributed by atoms with E-state index in [-0.39, 0.29) is 24.5 Å². The third-order valence-electron chi connectivity index (χ3n) is 3.07. The second-order valence-electron chi connectivity index (χ2n) is 4.50. The lowest BCUT2D eigenvalue weighted by Gasteiger charge is -2.05. The minimum Gasteiger partial charge on any atom is -0.462 e. The minimum atomic E-state index is -0.636. The lowest BCUT2D eigenvalue weighted by Crippen LogP contribution is -2.13. The van der Waals surface area contributed by atoms with Gasteiger partial charge in [-0.1, -0.05) is 18.2 Å². The lowest BCUT2D eigenvalue weighted by molar-refractivity contribution is 0.0475. The SMILES string of the molecule is CCOC(=O)c1nn(-c2ccccc2)c(C)c1C(=O)OCC. The van der Waals surface area contributed by atoms with E-state index < -0.39 is 11.9 Å². The van der Waals surface area contributed by atoms with E-state index in [9.17, 15) is 9.59 Å². The summed E-state index contributed by atoms with van der Waals surface area (Å²) in [5, 5.41) is 4.24. The number of rotatable bonds is 5. The van der Waals surface area contributed by atoms with Crippen LogP contribution in [0.1, 0.15) is 40.4 Å². The zero-order valence-corrected chi connectivity index (χ0v) is 12.8. The molecule has 116 valence electrons. The number of benzene rings is 1. The van der Waals surface area contributed by atoms with Crippen LogP contribution >= 0.6 is 0 Å². The third kappa shape index (κ3) is 3.00. The molecule has 0 fully saturated rings. The van der Waals surface area contributed by atoms with E-state index in [1.807, 2.05) is 30.3 Å². The summed E-state index contributed by atoms with van der Waals surface area (Å²) < 4.78 is 11.5. The number of para-hydroxylation sites is 1. The summed E-state index contributed by atoms with van der Waals surface area (Å²) in [6.07, 6.45) is 0. The Morgan fingerprint density at radius 3 is 2.23 bits per heavy atom. The summed E-state index contributed by atoms with van der Waals surface area (Å²) in [6.45, 7) is 5.55. The van der Waals surface area contributed by atoms with Gasteiger partial charge in [0.2, 0.25) is 0 Å². The molecule has 22 heavy (non-hydrogen) atoms. The Morgan fingerprint density at radius 2 is 1.64 bits per heavy atom. The summed E-state index contributed by atoms with van der Waals surface area (Å²) in [7, 11) is 0. The number of aromatic nitrogens is 2. The van der Waals surface area contributed by atoms with Crippen molar-refractivity contribution in [1.29, 1.82) is 0 Å². The number of esters is 2. The molecule has 0 saturated carbocycles. The van der Waals surface area contributed by atoms with Crippen molar-refractivity contribution in [3.05, 3.63) is 47.3 Å². The first kappa shape index (κ1) is 15.8. The highest BCUT2D eigenvalue weighted by atomic mass is 16.5. The van der Waals surface area contributed by atoms with E-state index >= 15 is 0 Å². The normalized spacial score (nSPS) is 10.3. The Hall–Kier alpha value is -2.63. The highest BCUT2D eigenvalue weighted by Gasteiger charge is 2.28. The fourth-order valence-corrected chi connectivity index (χ4v) is 2.11. The predicted octanol–water partition coefficient (Wildman–Crippen LogP) is 2.53. The van der Waals surface area contributed by atoms with Crippen LogP contribution < -0.4 is 0 Å². The Balaban J connectivity index is 2.56. The van der Waals surface area contributed by atoms with Crippen LogP contribution in [0.3, 0.4) is 0 Å². The first-order valence-electron chi connectivity index (χ1n) is 7.09. The van der Waals surface area contributed by atoms with Gasteiger partial charge in [-0.25, -0.2) is 14.3 Å². The molecule has 0 N–H and O–H groups in total. The number of ether oxygens (including phenoxy) is 2. The zero-order valence-electron chi connectivity index (χ0n) is 12.8. The van der Waals surface area contributed by atoms with E-state index in [0.717, 1.165) is 5.69 Å². The molecule has 0 spiro atoms. The summed E-state index contributed by atoms with van der Waals surface area (Å²) in [6, 6.07) is 9.25. The van der Waals surface area contributed by atoms with Crippen molar-refractivity contribution in [3.63, 3.8) is 0 Å². The van der Waals surface area contributed by atoms with E-state index in [1.165, 1.54) is 0 Å². The molecule has 0 aliphatic heterocycles. The molecule has 0 unspecified atom stereocenters. The van der Waals surface area contributed by atoms with Crippen LogP contribution in [-0.2, 0) is 9.47 Å². The fraction of sp³-hybridized carbons (Fsp3) is 0.312. The van der Waals surface area contributed by atoms with Crippen LogP contribution in [0.4, 0.5) is 0 Å². The van der Waals surface area contributed by atoms with Gasteiger partial charge in [0.1, 0.15) is 5.56 Å². The average Bonchev–Trinajstić information content (AvgIpc) is 2.86. The fourth-order valence-electron chi connectivity index (χ4n) is 2.11. The summed E-state index contributed by atoms with van der Waals surface area (Å²) in [5.74, 6) is -1.21. The van der Waals surface area contributed by atoms with Crippen LogP contribution in [-0.4, -0.2) is 34.9 Å². The summed E-state index contributed by atoms with van der Waals surface area (Å²) >= 11 is 0. The molecule has 0 radical (unpaired) electrons. The first-order valence-corrected chi connectivity index (χ1v) is 7.09. The summed E-state index contributed by atoms with van der Waals surface area (Å²) in [4.78, 5) is 24.2. The topological polar surface area (TPSA) is 70.4 Å². The van der Waals surface area contributed by atoms with Gasteiger partial charge in [0.25, 0.3) is 0 Å². The van der Waals surface area contributed by atoms with Gasteiger partial charge in [-0.05, 0) is 32.9 Å². The van der Waals surface area contributed by atoms with Crippen molar-refractivity contribution in [2.75, 3.05) is 13.2 Å². The Morgan fingerprint density at radius 1 is 1.05 bits per heavy atom. The van der Waals surface area contributed by atoms with Gasteiger partial charge in [0.05, 0.1) is 24.6 Å². The molecule has 0 bridgehead atoms. The molecule has 0 aliphatic carbocycles. The van der Waals surface area contributed by atoms with Gasteiger partial charge in [0, 0.05) is 0 Å². The third-order valence-corrected chi connectivity index (χ3v) is 3.07. The molecule has 1 aromatic heterocycles. The molecule has 1 heterocycles. The van der Waals surface area contributed by atoms with Crippen molar-refractivity contribution in [2.45, 2.75) is 20.8 Å². The molecular formula is C16H18N2O4. The maximum absolute atomic E-state index is 12.2. The highest BCUT2D eigenvalue weighted by molar-refractivity contribution is 6.02. The van der Waals surface area contributed by atoms with Crippen molar-refractivity contribution >= 4 is 11.9 Å². The quantitative estimate of drug-likeness (QED) is 0.794. The lowest BCUT2D eigenvalue weighted by atomic mass is 10.2. The molecule has 0 atom stereocenters. The Kier molecular flexibility index (Phi) is 4.93. The zero-order chi connectivity index (χ0) is 16.1. The van der Waals surface area contributed by atoms with Crippen LogP contribution in [0.25, 0.3) is 5.69 Å². The van der Waals surface area contributed by atoms with Gasteiger partial charge < -0.3 is 9.47 Å². The van der Waals surface area contributed by atoms with Crippen molar-refractivity contribution in [2.24, 2.45) is 0 Å². The molecule has 0 amide bonds. The first-order chi connectivity index (χ1) is 10.6. The van der Waals surface area contributed by atoms with Crippen molar-refractivity contribution in [3.8, 4) is 5.69 Å². The number of carbonyl (C=O) groups excluding carboxylic acids is 2. The maximum Gasteiger partial charge on any atom is 0.359 e. The number of nitrogens with zero attached hydrogens (tertiary/aromatic N) is 2. The van der Waals surface area contributed by atoms with E-state index in [4.69, 9.17) is 9.47 Å². The number of hydrogen-bond acceptors (Lipinski definition) is 5. The van der Waals surface area contributed by atoms with Crippen LogP contribution in [0.2, 0.25) is 0 Å². The minimum absolute atomic E-state index is 0.0262. The largest absolute Gasteiger partial charge is 0.462 e. The van der Waals surface area contributed by atoms with Gasteiger partial charge in [-0.2, -0.15) is 5.10 Å². The predicted molar refractivity (Wildman–Crippen MR) is 80.2 cm³/mol. The smallest absolute Gasteiger partial charge is 0.359 e.